The van der Waals surface area contributed by atoms with E-state index in [1.807, 2.05) is 12.1 Å². The number of nitrogens with zero attached hydrogens (tertiary/aromatic N) is 1. The first-order valence-corrected chi connectivity index (χ1v) is 8.71. The summed E-state index contributed by atoms with van der Waals surface area (Å²) in [6.07, 6.45) is 0. The molecule has 7 heteroatoms. The third-order valence-corrected chi connectivity index (χ3v) is 4.42. The summed E-state index contributed by atoms with van der Waals surface area (Å²) < 4.78 is 5.36. The van der Waals surface area contributed by atoms with Crippen LogP contribution in [-0.4, -0.2) is 10.8 Å². The molecule has 7 nitrogen and oxygen atoms in total. The molecule has 0 saturated carbocycles. The molecule has 0 aliphatic carbocycles. The highest BCUT2D eigenvalue weighted by atomic mass is 16.6. The van der Waals surface area contributed by atoms with Crippen LogP contribution in [0.25, 0.3) is 22.1 Å². The molecule has 0 aliphatic rings. The Morgan fingerprint density at radius 3 is 2.52 bits per heavy atom. The van der Waals surface area contributed by atoms with E-state index in [4.69, 9.17) is 4.42 Å². The maximum absolute atomic E-state index is 12.5. The molecule has 3 aromatic carbocycles. The fraction of sp³-hybridized carbons (Fsp3) is 0. The minimum atomic E-state index is -0.611. The Bertz CT molecular complexity index is 1310. The van der Waals surface area contributed by atoms with Crippen LogP contribution in [0.15, 0.2) is 88.1 Å². The summed E-state index contributed by atoms with van der Waals surface area (Å²) in [5.41, 5.74) is 0.978. The van der Waals surface area contributed by atoms with Gasteiger partial charge in [0.1, 0.15) is 11.1 Å². The lowest BCUT2D eigenvalue weighted by molar-refractivity contribution is -0.385. The number of para-hydroxylation sites is 2. The van der Waals surface area contributed by atoms with E-state index in [1.165, 1.54) is 18.2 Å². The van der Waals surface area contributed by atoms with Gasteiger partial charge in [0.05, 0.1) is 10.5 Å². The number of hydrogen-bond acceptors (Lipinski definition) is 5. The maximum Gasteiger partial charge on any atom is 0.344 e. The number of amides is 1. The summed E-state index contributed by atoms with van der Waals surface area (Å²) >= 11 is 0. The molecule has 1 heterocycles. The predicted molar refractivity (Wildman–Crippen MR) is 109 cm³/mol. The first kappa shape index (κ1) is 18.1. The summed E-state index contributed by atoms with van der Waals surface area (Å²) in [7, 11) is 0. The van der Waals surface area contributed by atoms with Gasteiger partial charge in [0, 0.05) is 17.1 Å². The van der Waals surface area contributed by atoms with Crippen molar-refractivity contribution in [3.63, 3.8) is 0 Å². The third-order valence-electron chi connectivity index (χ3n) is 4.42. The Balaban J connectivity index is 1.68. The summed E-state index contributed by atoms with van der Waals surface area (Å²) in [6.45, 7) is 0. The fourth-order valence-corrected chi connectivity index (χ4v) is 3.05. The van der Waals surface area contributed by atoms with E-state index < -0.39 is 16.5 Å². The molecule has 0 aliphatic heterocycles. The van der Waals surface area contributed by atoms with Crippen molar-refractivity contribution in [2.75, 3.05) is 5.32 Å². The molecule has 29 heavy (non-hydrogen) atoms. The van der Waals surface area contributed by atoms with Crippen molar-refractivity contribution in [3.8, 4) is 11.1 Å². The zero-order valence-corrected chi connectivity index (χ0v) is 15.0. The molecule has 0 saturated heterocycles. The zero-order chi connectivity index (χ0) is 20.4. The topological polar surface area (TPSA) is 102 Å². The lowest BCUT2D eigenvalue weighted by Gasteiger charge is -2.08. The van der Waals surface area contributed by atoms with Gasteiger partial charge in [0.15, 0.2) is 0 Å². The van der Waals surface area contributed by atoms with Gasteiger partial charge in [-0.3, -0.25) is 14.9 Å². The number of nitrogens with one attached hydrogen (secondary N) is 1. The zero-order valence-electron chi connectivity index (χ0n) is 15.0. The SMILES string of the molecule is O=C(Nc1cccc(-c2cc3ccccc3oc2=O)c1)c1ccccc1[N+](=O)[O-]. The summed E-state index contributed by atoms with van der Waals surface area (Å²) in [6, 6.07) is 21.3. The Morgan fingerprint density at radius 2 is 1.69 bits per heavy atom. The van der Waals surface area contributed by atoms with E-state index in [0.717, 1.165) is 5.39 Å². The molecule has 0 spiro atoms. The predicted octanol–water partition coefficient (Wildman–Crippen LogP) is 4.62. The molecule has 1 amide bonds. The number of nitro benzene ring substituents is 1. The normalized spacial score (nSPS) is 10.6. The quantitative estimate of drug-likeness (QED) is 0.313. The van der Waals surface area contributed by atoms with Crippen LogP contribution in [0.3, 0.4) is 0 Å². The fourth-order valence-electron chi connectivity index (χ4n) is 3.05. The van der Waals surface area contributed by atoms with Crippen molar-refractivity contribution < 1.29 is 14.1 Å². The molecule has 1 aromatic heterocycles. The van der Waals surface area contributed by atoms with Crippen LogP contribution >= 0.6 is 0 Å². The highest BCUT2D eigenvalue weighted by Crippen LogP contribution is 2.25. The summed E-state index contributed by atoms with van der Waals surface area (Å²) in [5, 5.41) is 14.6. The van der Waals surface area contributed by atoms with Crippen molar-refractivity contribution in [3.05, 3.63) is 105 Å². The highest BCUT2D eigenvalue weighted by molar-refractivity contribution is 6.07. The second kappa shape index (κ2) is 7.40. The monoisotopic (exact) mass is 386 g/mol. The van der Waals surface area contributed by atoms with Crippen molar-refractivity contribution in [2.24, 2.45) is 0 Å². The molecule has 142 valence electrons. The number of nitro groups is 1. The van der Waals surface area contributed by atoms with E-state index in [-0.39, 0.29) is 11.3 Å². The van der Waals surface area contributed by atoms with Crippen LogP contribution in [0.2, 0.25) is 0 Å². The lowest BCUT2D eigenvalue weighted by Crippen LogP contribution is -2.14. The van der Waals surface area contributed by atoms with Gasteiger partial charge in [-0.05, 0) is 35.9 Å². The standard InChI is InChI=1S/C22H14N2O5/c25-21(17-9-2-3-10-19(17)24(27)28)23-16-8-5-7-14(12-16)18-13-15-6-1-4-11-20(15)29-22(18)26/h1-13H,(H,23,25). The molecular formula is C22H14N2O5. The van der Waals surface area contributed by atoms with Crippen LogP contribution in [0, 0.1) is 10.1 Å². The van der Waals surface area contributed by atoms with E-state index >= 15 is 0 Å². The largest absolute Gasteiger partial charge is 0.422 e. The van der Waals surface area contributed by atoms with Gasteiger partial charge in [-0.2, -0.15) is 0 Å². The average Bonchev–Trinajstić information content (AvgIpc) is 2.73. The summed E-state index contributed by atoms with van der Waals surface area (Å²) in [5.74, 6) is -0.611. The Kier molecular flexibility index (Phi) is 4.62. The van der Waals surface area contributed by atoms with E-state index in [2.05, 4.69) is 5.32 Å². The Hall–Kier alpha value is -4.26. The number of carbonyl (C=O) groups excluding carboxylic acids is 1. The number of benzene rings is 3. The van der Waals surface area contributed by atoms with Crippen molar-refractivity contribution >= 4 is 28.3 Å². The molecule has 4 rings (SSSR count). The van der Waals surface area contributed by atoms with Gasteiger partial charge in [-0.15, -0.1) is 0 Å². The smallest absolute Gasteiger partial charge is 0.344 e. The minimum Gasteiger partial charge on any atom is -0.422 e. The molecule has 1 N–H and O–H groups in total. The second-order valence-electron chi connectivity index (χ2n) is 6.29. The van der Waals surface area contributed by atoms with Gasteiger partial charge in [-0.1, -0.05) is 42.5 Å². The number of carbonyl (C=O) groups is 1. The van der Waals surface area contributed by atoms with Gasteiger partial charge < -0.3 is 9.73 Å². The molecule has 0 bridgehead atoms. The average molecular weight is 386 g/mol. The Labute approximate surface area is 164 Å². The van der Waals surface area contributed by atoms with Crippen LogP contribution in [-0.2, 0) is 0 Å². The second-order valence-corrected chi connectivity index (χ2v) is 6.29. The minimum absolute atomic E-state index is 0.0480. The molecule has 0 unspecified atom stereocenters. The first-order valence-electron chi connectivity index (χ1n) is 8.71. The van der Waals surface area contributed by atoms with E-state index in [0.29, 0.717) is 22.4 Å². The van der Waals surface area contributed by atoms with Crippen molar-refractivity contribution in [1.29, 1.82) is 0 Å². The molecule has 4 aromatic rings. The number of anilines is 1. The number of hydrogen-bond donors (Lipinski definition) is 1. The first-order chi connectivity index (χ1) is 14.0. The van der Waals surface area contributed by atoms with Crippen LogP contribution < -0.4 is 10.9 Å². The molecule has 0 atom stereocenters. The molecule has 0 fully saturated rings. The Morgan fingerprint density at radius 1 is 0.931 bits per heavy atom. The van der Waals surface area contributed by atoms with E-state index in [1.54, 1.807) is 48.5 Å². The maximum atomic E-state index is 12.5. The van der Waals surface area contributed by atoms with Crippen LogP contribution in [0.4, 0.5) is 11.4 Å². The highest BCUT2D eigenvalue weighted by Gasteiger charge is 2.19. The van der Waals surface area contributed by atoms with Crippen LogP contribution in [0.5, 0.6) is 0 Å². The van der Waals surface area contributed by atoms with Crippen LogP contribution in [0.1, 0.15) is 10.4 Å². The summed E-state index contributed by atoms with van der Waals surface area (Å²) in [4.78, 5) is 35.4. The van der Waals surface area contributed by atoms with Crippen molar-refractivity contribution in [2.45, 2.75) is 0 Å². The van der Waals surface area contributed by atoms with Gasteiger partial charge >= 0.3 is 5.63 Å². The lowest BCUT2D eigenvalue weighted by atomic mass is 10.1. The van der Waals surface area contributed by atoms with Gasteiger partial charge in [0.2, 0.25) is 0 Å². The number of rotatable bonds is 4. The van der Waals surface area contributed by atoms with Gasteiger partial charge in [0.25, 0.3) is 11.6 Å². The molecule has 0 radical (unpaired) electrons. The van der Waals surface area contributed by atoms with E-state index in [9.17, 15) is 19.7 Å². The van der Waals surface area contributed by atoms with Crippen molar-refractivity contribution in [1.82, 2.24) is 0 Å². The molecular weight excluding hydrogens is 372 g/mol. The number of fused-ring (bicyclic) bond motifs is 1. The van der Waals surface area contributed by atoms with Gasteiger partial charge in [-0.25, -0.2) is 4.79 Å². The third kappa shape index (κ3) is 3.61.